The van der Waals surface area contributed by atoms with Crippen molar-refractivity contribution >= 4 is 22.2 Å². The number of nitrogen functional groups attached to an aromatic ring is 1. The number of nitrogens with two attached hydrogens (primary N) is 1. The molecule has 0 amide bonds. The number of aromatic nitrogens is 1. The topological polar surface area (TPSA) is 50.9 Å². The summed E-state index contributed by atoms with van der Waals surface area (Å²) in [5.41, 5.74) is 8.96. The quantitative estimate of drug-likeness (QED) is 0.799. The van der Waals surface area contributed by atoms with Crippen LogP contribution in [0.3, 0.4) is 0 Å². The fourth-order valence-corrected chi connectivity index (χ4v) is 2.44. The Morgan fingerprint density at radius 1 is 1.41 bits per heavy atom. The number of rotatable bonds is 5. The van der Waals surface area contributed by atoms with Crippen molar-refractivity contribution in [3.05, 3.63) is 40.9 Å². The summed E-state index contributed by atoms with van der Waals surface area (Å²) in [6, 6.07) is 8.01. The predicted molar refractivity (Wildman–Crippen MR) is 74.5 cm³/mol. The van der Waals surface area contributed by atoms with Crippen molar-refractivity contribution in [1.82, 2.24) is 4.98 Å². The third-order valence-electron chi connectivity index (χ3n) is 2.55. The van der Waals surface area contributed by atoms with Crippen molar-refractivity contribution in [2.24, 2.45) is 0 Å². The molecule has 2 rings (SSSR count). The molecular weight excluding hydrogens is 230 g/mol. The van der Waals surface area contributed by atoms with E-state index in [1.54, 1.807) is 11.3 Å². The Bertz CT molecular complexity index is 479. The molecule has 1 aromatic carbocycles. The molecule has 0 aliphatic heterocycles. The number of aryl methyl sites for hydroxylation is 1. The van der Waals surface area contributed by atoms with Crippen LogP contribution in [0.5, 0.6) is 0 Å². The molecule has 2 aromatic rings. The lowest BCUT2D eigenvalue weighted by Gasteiger charge is -2.03. The molecule has 0 unspecified atom stereocenters. The summed E-state index contributed by atoms with van der Waals surface area (Å²) in [6.45, 7) is 3.01. The van der Waals surface area contributed by atoms with E-state index >= 15 is 0 Å². The first-order valence-corrected chi connectivity index (χ1v) is 6.68. The summed E-state index contributed by atoms with van der Waals surface area (Å²) in [5.74, 6) is 0. The summed E-state index contributed by atoms with van der Waals surface area (Å²) in [5, 5.41) is 6.44. The maximum Gasteiger partial charge on any atom is 0.182 e. The van der Waals surface area contributed by atoms with Crippen molar-refractivity contribution in [3.63, 3.8) is 0 Å². The van der Waals surface area contributed by atoms with Crippen LogP contribution in [0, 0.1) is 0 Å². The molecule has 3 N–H and O–H groups in total. The lowest BCUT2D eigenvalue weighted by atomic mass is 10.1. The van der Waals surface area contributed by atoms with Gasteiger partial charge in [-0.05, 0) is 30.5 Å². The first kappa shape index (κ1) is 11.9. The fourth-order valence-electron chi connectivity index (χ4n) is 1.61. The largest absolute Gasteiger partial charge is 0.399 e. The fraction of sp³-hybridized carbons (Fsp3) is 0.308. The molecule has 90 valence electrons. The normalized spacial score (nSPS) is 10.4. The van der Waals surface area contributed by atoms with E-state index in [9.17, 15) is 0 Å². The number of hydrogen-bond acceptors (Lipinski definition) is 4. The highest BCUT2D eigenvalue weighted by Crippen LogP contribution is 2.15. The van der Waals surface area contributed by atoms with Gasteiger partial charge in [0, 0.05) is 17.6 Å². The Morgan fingerprint density at radius 3 is 3.00 bits per heavy atom. The van der Waals surface area contributed by atoms with Crippen LogP contribution >= 0.6 is 11.3 Å². The van der Waals surface area contributed by atoms with Crippen molar-refractivity contribution in [2.75, 3.05) is 17.6 Å². The Kier molecular flexibility index (Phi) is 3.98. The highest BCUT2D eigenvalue weighted by atomic mass is 32.1. The number of hydrogen-bond donors (Lipinski definition) is 2. The van der Waals surface area contributed by atoms with Gasteiger partial charge in [-0.2, -0.15) is 0 Å². The maximum atomic E-state index is 5.73. The van der Waals surface area contributed by atoms with E-state index in [0.717, 1.165) is 35.9 Å². The molecule has 0 spiro atoms. The standard InChI is InChI=1S/C13H17N3S/c1-2-12-9-17-13(16-12)15-7-6-10-4-3-5-11(14)8-10/h3-5,8-9H,2,6-7,14H2,1H3,(H,15,16). The van der Waals surface area contributed by atoms with Crippen LogP contribution < -0.4 is 11.1 Å². The second-order valence-electron chi connectivity index (χ2n) is 3.92. The van der Waals surface area contributed by atoms with Crippen LogP contribution in [-0.4, -0.2) is 11.5 Å². The van der Waals surface area contributed by atoms with E-state index in [0.29, 0.717) is 0 Å². The Morgan fingerprint density at radius 2 is 2.29 bits per heavy atom. The SMILES string of the molecule is CCc1csc(NCCc2cccc(N)c2)n1. The average molecular weight is 247 g/mol. The first-order valence-electron chi connectivity index (χ1n) is 5.80. The van der Waals surface area contributed by atoms with Gasteiger partial charge in [-0.1, -0.05) is 19.1 Å². The molecule has 17 heavy (non-hydrogen) atoms. The molecule has 4 heteroatoms. The third-order valence-corrected chi connectivity index (χ3v) is 3.40. The monoisotopic (exact) mass is 247 g/mol. The van der Waals surface area contributed by atoms with Crippen LogP contribution in [0.4, 0.5) is 10.8 Å². The van der Waals surface area contributed by atoms with Gasteiger partial charge in [0.1, 0.15) is 0 Å². The van der Waals surface area contributed by atoms with Gasteiger partial charge in [-0.25, -0.2) is 4.98 Å². The summed E-state index contributed by atoms with van der Waals surface area (Å²) < 4.78 is 0. The minimum atomic E-state index is 0.824. The van der Waals surface area contributed by atoms with Gasteiger partial charge in [0.15, 0.2) is 5.13 Å². The summed E-state index contributed by atoms with van der Waals surface area (Å²) in [4.78, 5) is 4.46. The van der Waals surface area contributed by atoms with E-state index < -0.39 is 0 Å². The molecule has 0 saturated carbocycles. The highest BCUT2D eigenvalue weighted by molar-refractivity contribution is 7.13. The van der Waals surface area contributed by atoms with Gasteiger partial charge < -0.3 is 11.1 Å². The first-order chi connectivity index (χ1) is 8.28. The van der Waals surface area contributed by atoms with E-state index in [1.165, 1.54) is 5.56 Å². The molecule has 0 bridgehead atoms. The molecule has 1 heterocycles. The molecule has 0 saturated heterocycles. The van der Waals surface area contributed by atoms with Crippen molar-refractivity contribution in [1.29, 1.82) is 0 Å². The minimum Gasteiger partial charge on any atom is -0.399 e. The van der Waals surface area contributed by atoms with Crippen molar-refractivity contribution in [3.8, 4) is 0 Å². The van der Waals surface area contributed by atoms with E-state index in [4.69, 9.17) is 5.73 Å². The zero-order chi connectivity index (χ0) is 12.1. The average Bonchev–Trinajstić information content (AvgIpc) is 2.77. The maximum absolute atomic E-state index is 5.73. The number of anilines is 2. The van der Waals surface area contributed by atoms with Gasteiger partial charge in [0.2, 0.25) is 0 Å². The summed E-state index contributed by atoms with van der Waals surface area (Å²) in [7, 11) is 0. The second kappa shape index (κ2) is 5.68. The van der Waals surface area contributed by atoms with Crippen LogP contribution in [0.2, 0.25) is 0 Å². The molecule has 0 aliphatic carbocycles. The van der Waals surface area contributed by atoms with E-state index in [2.05, 4.69) is 28.7 Å². The van der Waals surface area contributed by atoms with Gasteiger partial charge in [-0.15, -0.1) is 11.3 Å². The van der Waals surface area contributed by atoms with Gasteiger partial charge in [0.05, 0.1) is 5.69 Å². The number of nitrogens with zero attached hydrogens (tertiary/aromatic N) is 1. The van der Waals surface area contributed by atoms with Crippen molar-refractivity contribution in [2.45, 2.75) is 19.8 Å². The summed E-state index contributed by atoms with van der Waals surface area (Å²) in [6.07, 6.45) is 1.96. The molecule has 0 radical (unpaired) electrons. The van der Waals surface area contributed by atoms with E-state index in [-0.39, 0.29) is 0 Å². The number of benzene rings is 1. The summed E-state index contributed by atoms with van der Waals surface area (Å²) >= 11 is 1.67. The molecule has 3 nitrogen and oxygen atoms in total. The van der Waals surface area contributed by atoms with Crippen LogP contribution in [-0.2, 0) is 12.8 Å². The van der Waals surface area contributed by atoms with Crippen LogP contribution in [0.15, 0.2) is 29.6 Å². The van der Waals surface area contributed by atoms with E-state index in [1.807, 2.05) is 18.2 Å². The van der Waals surface area contributed by atoms with Gasteiger partial charge in [-0.3, -0.25) is 0 Å². The molecule has 0 atom stereocenters. The Labute approximate surface area is 106 Å². The second-order valence-corrected chi connectivity index (χ2v) is 4.78. The van der Waals surface area contributed by atoms with Crippen LogP contribution in [0.25, 0.3) is 0 Å². The molecule has 0 aliphatic rings. The Balaban J connectivity index is 1.83. The van der Waals surface area contributed by atoms with Gasteiger partial charge in [0.25, 0.3) is 0 Å². The minimum absolute atomic E-state index is 0.824. The van der Waals surface area contributed by atoms with Crippen LogP contribution in [0.1, 0.15) is 18.2 Å². The highest BCUT2D eigenvalue weighted by Gasteiger charge is 1.99. The number of nitrogens with one attached hydrogen (secondary N) is 1. The smallest absolute Gasteiger partial charge is 0.182 e. The van der Waals surface area contributed by atoms with Gasteiger partial charge >= 0.3 is 0 Å². The third kappa shape index (κ3) is 3.46. The molecule has 1 aromatic heterocycles. The zero-order valence-electron chi connectivity index (χ0n) is 9.94. The Hall–Kier alpha value is -1.55. The molecule has 0 fully saturated rings. The predicted octanol–water partition coefficient (Wildman–Crippen LogP) is 2.94. The lowest BCUT2D eigenvalue weighted by Crippen LogP contribution is -2.04. The number of thiazole rings is 1. The van der Waals surface area contributed by atoms with Crippen molar-refractivity contribution < 1.29 is 0 Å². The zero-order valence-corrected chi connectivity index (χ0v) is 10.8. The molecular formula is C13H17N3S. The lowest BCUT2D eigenvalue weighted by molar-refractivity contribution is 1.00.